The monoisotopic (exact) mass is 142 g/mol. The number of nitrogens with one attached hydrogen (secondary N) is 2. The van der Waals surface area contributed by atoms with E-state index in [0.29, 0.717) is 6.04 Å². The van der Waals surface area contributed by atoms with Crippen molar-refractivity contribution in [2.45, 2.75) is 32.4 Å². The van der Waals surface area contributed by atoms with Crippen molar-refractivity contribution in [2.24, 2.45) is 0 Å². The number of rotatable bonds is 0. The van der Waals surface area contributed by atoms with Crippen molar-refractivity contribution in [1.29, 1.82) is 0 Å². The molecular formula is C7H14N2O. The van der Waals surface area contributed by atoms with Crippen LogP contribution in [-0.2, 0) is 4.79 Å². The summed E-state index contributed by atoms with van der Waals surface area (Å²) in [6, 6.07) is 0.423. The third-order valence-electron chi connectivity index (χ3n) is 1.80. The van der Waals surface area contributed by atoms with Gasteiger partial charge in [-0.3, -0.25) is 4.79 Å². The van der Waals surface area contributed by atoms with Crippen molar-refractivity contribution in [3.8, 4) is 0 Å². The lowest BCUT2D eigenvalue weighted by Gasteiger charge is -2.11. The van der Waals surface area contributed by atoms with Crippen LogP contribution >= 0.6 is 0 Å². The van der Waals surface area contributed by atoms with Crippen molar-refractivity contribution in [1.82, 2.24) is 10.6 Å². The molecule has 0 aliphatic carbocycles. The summed E-state index contributed by atoms with van der Waals surface area (Å²) in [6.45, 7) is 4.78. The Morgan fingerprint density at radius 2 is 2.20 bits per heavy atom. The van der Waals surface area contributed by atoms with Crippen LogP contribution in [0.5, 0.6) is 0 Å². The van der Waals surface area contributed by atoms with E-state index in [4.69, 9.17) is 0 Å². The molecule has 2 N–H and O–H groups in total. The van der Waals surface area contributed by atoms with Crippen LogP contribution in [0.15, 0.2) is 0 Å². The van der Waals surface area contributed by atoms with Crippen LogP contribution in [0, 0.1) is 0 Å². The second-order valence-electron chi connectivity index (χ2n) is 2.87. The van der Waals surface area contributed by atoms with Gasteiger partial charge in [0.15, 0.2) is 0 Å². The largest absolute Gasteiger partial charge is 0.355 e. The number of carbonyl (C=O) groups excluding carboxylic acids is 1. The molecule has 0 aromatic heterocycles. The van der Waals surface area contributed by atoms with Crippen molar-refractivity contribution in [2.75, 3.05) is 6.54 Å². The predicted octanol–water partition coefficient (Wildman–Crippen LogP) is -0.127. The predicted molar refractivity (Wildman–Crippen MR) is 39.7 cm³/mol. The molecule has 1 fully saturated rings. The zero-order valence-electron chi connectivity index (χ0n) is 6.48. The Hall–Kier alpha value is -0.570. The van der Waals surface area contributed by atoms with Gasteiger partial charge < -0.3 is 10.6 Å². The fourth-order valence-corrected chi connectivity index (χ4v) is 1.15. The van der Waals surface area contributed by atoms with Gasteiger partial charge in [-0.2, -0.15) is 0 Å². The highest BCUT2D eigenvalue weighted by atomic mass is 16.2. The average molecular weight is 142 g/mol. The topological polar surface area (TPSA) is 41.1 Å². The highest BCUT2D eigenvalue weighted by Gasteiger charge is 2.17. The van der Waals surface area contributed by atoms with Gasteiger partial charge in [-0.05, 0) is 20.3 Å². The van der Waals surface area contributed by atoms with Gasteiger partial charge in [0, 0.05) is 12.6 Å². The Bertz CT molecular complexity index is 136. The van der Waals surface area contributed by atoms with Gasteiger partial charge in [0.2, 0.25) is 5.91 Å². The second kappa shape index (κ2) is 3.01. The van der Waals surface area contributed by atoms with E-state index in [2.05, 4.69) is 17.6 Å². The standard InChI is InChI=1S/C7H14N2O/c1-5-3-4-8-7(10)6(2)9-5/h5-6,9H,3-4H2,1-2H3,(H,8,10)/t5-,6+/m1/s1. The molecule has 3 nitrogen and oxygen atoms in total. The fraction of sp³-hybridized carbons (Fsp3) is 0.857. The first kappa shape index (κ1) is 7.54. The van der Waals surface area contributed by atoms with E-state index in [1.54, 1.807) is 0 Å². The van der Waals surface area contributed by atoms with E-state index >= 15 is 0 Å². The molecule has 58 valence electrons. The van der Waals surface area contributed by atoms with Gasteiger partial charge in [0.1, 0.15) is 0 Å². The van der Waals surface area contributed by atoms with Gasteiger partial charge in [0.25, 0.3) is 0 Å². The normalized spacial score (nSPS) is 34.8. The highest BCUT2D eigenvalue weighted by Crippen LogP contribution is 1.96. The fourth-order valence-electron chi connectivity index (χ4n) is 1.15. The second-order valence-corrected chi connectivity index (χ2v) is 2.87. The summed E-state index contributed by atoms with van der Waals surface area (Å²) in [6.07, 6.45) is 1.02. The van der Waals surface area contributed by atoms with Gasteiger partial charge in [0.05, 0.1) is 6.04 Å². The van der Waals surface area contributed by atoms with Crippen LogP contribution in [0.4, 0.5) is 0 Å². The summed E-state index contributed by atoms with van der Waals surface area (Å²) < 4.78 is 0. The summed E-state index contributed by atoms with van der Waals surface area (Å²) in [5.41, 5.74) is 0. The first-order valence-corrected chi connectivity index (χ1v) is 3.74. The van der Waals surface area contributed by atoms with E-state index in [1.807, 2.05) is 6.92 Å². The molecule has 0 spiro atoms. The van der Waals surface area contributed by atoms with Crippen molar-refractivity contribution in [3.63, 3.8) is 0 Å². The number of carbonyl (C=O) groups is 1. The lowest BCUT2D eigenvalue weighted by atomic mass is 10.2. The molecule has 0 bridgehead atoms. The minimum absolute atomic E-state index is 0.0301. The lowest BCUT2D eigenvalue weighted by Crippen LogP contribution is -2.40. The number of hydrogen-bond donors (Lipinski definition) is 2. The van der Waals surface area contributed by atoms with Crippen molar-refractivity contribution >= 4 is 5.91 Å². The van der Waals surface area contributed by atoms with E-state index in [1.165, 1.54) is 0 Å². The molecule has 0 aromatic carbocycles. The molecule has 0 saturated carbocycles. The maximum absolute atomic E-state index is 11.0. The maximum atomic E-state index is 11.0. The molecule has 1 amide bonds. The van der Waals surface area contributed by atoms with Gasteiger partial charge in [-0.1, -0.05) is 0 Å². The quantitative estimate of drug-likeness (QED) is 0.495. The molecule has 1 rings (SSSR count). The van der Waals surface area contributed by atoms with Crippen LogP contribution in [0.25, 0.3) is 0 Å². The summed E-state index contributed by atoms with van der Waals surface area (Å²) >= 11 is 0. The Morgan fingerprint density at radius 3 is 2.90 bits per heavy atom. The van der Waals surface area contributed by atoms with Crippen molar-refractivity contribution < 1.29 is 4.79 Å². The third kappa shape index (κ3) is 1.70. The summed E-state index contributed by atoms with van der Waals surface area (Å²) in [4.78, 5) is 11.0. The molecule has 2 atom stereocenters. The van der Waals surface area contributed by atoms with E-state index in [0.717, 1.165) is 13.0 Å². The molecule has 0 unspecified atom stereocenters. The zero-order valence-corrected chi connectivity index (χ0v) is 6.48. The molecule has 1 aliphatic heterocycles. The molecule has 3 heteroatoms. The summed E-state index contributed by atoms with van der Waals surface area (Å²) in [5.74, 6) is 0.115. The molecule has 0 aromatic rings. The van der Waals surface area contributed by atoms with Crippen LogP contribution < -0.4 is 10.6 Å². The van der Waals surface area contributed by atoms with Crippen LogP contribution in [0.3, 0.4) is 0 Å². The van der Waals surface area contributed by atoms with Crippen LogP contribution in [-0.4, -0.2) is 24.5 Å². The Kier molecular flexibility index (Phi) is 2.27. The Labute approximate surface area is 61.2 Å². The zero-order chi connectivity index (χ0) is 7.56. The number of amides is 1. The molecule has 1 aliphatic rings. The average Bonchev–Trinajstić information content (AvgIpc) is 1.96. The maximum Gasteiger partial charge on any atom is 0.236 e. The SMILES string of the molecule is C[C@@H]1CCNC(=O)[C@H](C)N1. The van der Waals surface area contributed by atoms with Crippen LogP contribution in [0.1, 0.15) is 20.3 Å². The molecule has 10 heavy (non-hydrogen) atoms. The highest BCUT2D eigenvalue weighted by molar-refractivity contribution is 5.81. The molecule has 1 saturated heterocycles. The summed E-state index contributed by atoms with van der Waals surface area (Å²) in [7, 11) is 0. The Morgan fingerprint density at radius 1 is 1.50 bits per heavy atom. The minimum Gasteiger partial charge on any atom is -0.355 e. The van der Waals surface area contributed by atoms with Gasteiger partial charge in [-0.15, -0.1) is 0 Å². The molecular weight excluding hydrogens is 128 g/mol. The first-order chi connectivity index (χ1) is 4.70. The minimum atomic E-state index is -0.0301. The van der Waals surface area contributed by atoms with Gasteiger partial charge >= 0.3 is 0 Å². The summed E-state index contributed by atoms with van der Waals surface area (Å²) in [5, 5.41) is 6.00. The number of hydrogen-bond acceptors (Lipinski definition) is 2. The molecule has 1 heterocycles. The van der Waals surface area contributed by atoms with E-state index in [9.17, 15) is 4.79 Å². The molecule has 0 radical (unpaired) electrons. The van der Waals surface area contributed by atoms with Gasteiger partial charge in [-0.25, -0.2) is 0 Å². The first-order valence-electron chi connectivity index (χ1n) is 3.74. The van der Waals surface area contributed by atoms with Crippen LogP contribution in [0.2, 0.25) is 0 Å². The van der Waals surface area contributed by atoms with Crippen molar-refractivity contribution in [3.05, 3.63) is 0 Å². The van der Waals surface area contributed by atoms with E-state index in [-0.39, 0.29) is 11.9 Å². The third-order valence-corrected chi connectivity index (χ3v) is 1.80. The lowest BCUT2D eigenvalue weighted by molar-refractivity contribution is -0.122. The Balaban J connectivity index is 2.49. The smallest absolute Gasteiger partial charge is 0.236 e. The van der Waals surface area contributed by atoms with E-state index < -0.39 is 0 Å².